The smallest absolute Gasteiger partial charge is 0.259 e. The average molecular weight is 390 g/mol. The summed E-state index contributed by atoms with van der Waals surface area (Å²) < 4.78 is 5.22. The van der Waals surface area contributed by atoms with E-state index in [1.807, 2.05) is 31.2 Å². The Morgan fingerprint density at radius 2 is 1.59 bits per heavy atom. The number of hydrogen-bond acceptors (Lipinski definition) is 4. The minimum atomic E-state index is -0.447. The predicted molar refractivity (Wildman–Crippen MR) is 112 cm³/mol. The Kier molecular flexibility index (Phi) is 6.26. The maximum absolute atomic E-state index is 12.7. The summed E-state index contributed by atoms with van der Waals surface area (Å²) in [6, 6.07) is 18.8. The zero-order valence-corrected chi connectivity index (χ0v) is 16.2. The Bertz CT molecular complexity index is 1050. The van der Waals surface area contributed by atoms with Crippen molar-refractivity contribution in [1.29, 1.82) is 0 Å². The number of anilines is 2. The molecule has 6 nitrogen and oxygen atoms in total. The fourth-order valence-corrected chi connectivity index (χ4v) is 2.89. The molecule has 0 aliphatic rings. The highest BCUT2D eigenvalue weighted by Crippen LogP contribution is 2.23. The lowest BCUT2D eigenvalue weighted by molar-refractivity contribution is 0.101. The summed E-state index contributed by atoms with van der Waals surface area (Å²) in [7, 11) is 1.54. The van der Waals surface area contributed by atoms with Crippen LogP contribution in [-0.4, -0.2) is 24.0 Å². The van der Waals surface area contributed by atoms with Gasteiger partial charge in [0.2, 0.25) is 0 Å². The van der Waals surface area contributed by atoms with Gasteiger partial charge in [-0.05, 0) is 48.9 Å². The number of carbonyl (C=O) groups excluding carboxylic acids is 2. The minimum absolute atomic E-state index is 0.104. The van der Waals surface area contributed by atoms with Gasteiger partial charge in [0.05, 0.1) is 12.2 Å². The predicted octanol–water partition coefficient (Wildman–Crippen LogP) is 4.35. The van der Waals surface area contributed by atoms with Crippen LogP contribution in [0.15, 0.2) is 66.7 Å². The third kappa shape index (κ3) is 4.80. The zero-order chi connectivity index (χ0) is 20.8. The fourth-order valence-electron chi connectivity index (χ4n) is 2.89. The van der Waals surface area contributed by atoms with Gasteiger partial charge in [-0.25, -0.2) is 0 Å². The summed E-state index contributed by atoms with van der Waals surface area (Å²) in [5, 5.41) is 15.5. The molecule has 29 heavy (non-hydrogen) atoms. The topological polar surface area (TPSA) is 87.7 Å². The molecule has 0 saturated carbocycles. The van der Waals surface area contributed by atoms with Gasteiger partial charge in [0.15, 0.2) is 0 Å². The first-order valence-electron chi connectivity index (χ1n) is 9.08. The third-order valence-electron chi connectivity index (χ3n) is 4.46. The lowest BCUT2D eigenvalue weighted by Gasteiger charge is -2.14. The highest BCUT2D eigenvalue weighted by molar-refractivity contribution is 6.08. The summed E-state index contributed by atoms with van der Waals surface area (Å²) in [5.74, 6) is -0.805. The van der Waals surface area contributed by atoms with E-state index < -0.39 is 5.91 Å². The Hall–Kier alpha value is -3.64. The quantitative estimate of drug-likeness (QED) is 0.584. The van der Waals surface area contributed by atoms with Gasteiger partial charge in [-0.2, -0.15) is 0 Å². The van der Waals surface area contributed by atoms with E-state index in [9.17, 15) is 14.7 Å². The Balaban J connectivity index is 1.83. The Morgan fingerprint density at radius 1 is 0.897 bits per heavy atom. The highest BCUT2D eigenvalue weighted by atomic mass is 16.5. The molecule has 6 heteroatoms. The van der Waals surface area contributed by atoms with Crippen molar-refractivity contribution in [2.24, 2.45) is 0 Å². The standard InChI is InChI=1S/C23H22N2O4/c1-15-7-3-5-9-19(15)24-22(27)16-11-12-20(17(13-16)14-29-2)25-23(28)18-8-4-6-10-21(18)26/h3-13,26H,14H2,1-2H3,(H,24,27)(H,25,28). The number of para-hydroxylation sites is 2. The van der Waals surface area contributed by atoms with Gasteiger partial charge in [0, 0.05) is 29.6 Å². The van der Waals surface area contributed by atoms with Crippen LogP contribution in [0.3, 0.4) is 0 Å². The molecule has 0 atom stereocenters. The molecule has 148 valence electrons. The van der Waals surface area contributed by atoms with Crippen LogP contribution in [-0.2, 0) is 11.3 Å². The number of ether oxygens (including phenoxy) is 1. The molecule has 0 saturated heterocycles. The summed E-state index contributed by atoms with van der Waals surface area (Å²) in [6.07, 6.45) is 0. The molecular weight excluding hydrogens is 368 g/mol. The molecule has 0 heterocycles. The van der Waals surface area contributed by atoms with E-state index in [4.69, 9.17) is 4.74 Å². The van der Waals surface area contributed by atoms with Crippen LogP contribution in [0.2, 0.25) is 0 Å². The van der Waals surface area contributed by atoms with Gasteiger partial charge in [-0.3, -0.25) is 9.59 Å². The van der Waals surface area contributed by atoms with Crippen molar-refractivity contribution in [3.63, 3.8) is 0 Å². The first-order chi connectivity index (χ1) is 14.0. The molecule has 0 aliphatic carbocycles. The molecule has 3 rings (SSSR count). The molecule has 0 fully saturated rings. The van der Waals surface area contributed by atoms with Gasteiger partial charge in [0.25, 0.3) is 11.8 Å². The maximum Gasteiger partial charge on any atom is 0.259 e. The number of nitrogens with one attached hydrogen (secondary N) is 2. The fraction of sp³-hybridized carbons (Fsp3) is 0.130. The van der Waals surface area contributed by atoms with E-state index in [0.29, 0.717) is 16.8 Å². The van der Waals surface area contributed by atoms with Crippen LogP contribution in [0.1, 0.15) is 31.8 Å². The van der Waals surface area contributed by atoms with E-state index in [1.165, 1.54) is 19.2 Å². The average Bonchev–Trinajstić information content (AvgIpc) is 2.71. The van der Waals surface area contributed by atoms with Gasteiger partial charge in [-0.1, -0.05) is 30.3 Å². The summed E-state index contributed by atoms with van der Waals surface area (Å²) in [4.78, 5) is 25.1. The second-order valence-electron chi connectivity index (χ2n) is 6.55. The van der Waals surface area contributed by atoms with Crippen LogP contribution >= 0.6 is 0 Å². The molecule has 0 radical (unpaired) electrons. The number of rotatable bonds is 6. The first kappa shape index (κ1) is 20.1. The van der Waals surface area contributed by atoms with E-state index in [2.05, 4.69) is 10.6 Å². The third-order valence-corrected chi connectivity index (χ3v) is 4.46. The minimum Gasteiger partial charge on any atom is -0.507 e. The summed E-state index contributed by atoms with van der Waals surface area (Å²) >= 11 is 0. The number of methoxy groups -OCH3 is 1. The molecule has 3 N–H and O–H groups in total. The first-order valence-corrected chi connectivity index (χ1v) is 9.08. The molecular formula is C23H22N2O4. The van der Waals surface area contributed by atoms with Gasteiger partial charge in [-0.15, -0.1) is 0 Å². The van der Waals surface area contributed by atoms with Crippen LogP contribution < -0.4 is 10.6 Å². The lowest BCUT2D eigenvalue weighted by Crippen LogP contribution is -2.16. The summed E-state index contributed by atoms with van der Waals surface area (Å²) in [6.45, 7) is 2.13. The SMILES string of the molecule is COCc1cc(C(=O)Nc2ccccc2C)ccc1NC(=O)c1ccccc1O. The monoisotopic (exact) mass is 390 g/mol. The second kappa shape index (κ2) is 9.03. The highest BCUT2D eigenvalue weighted by Gasteiger charge is 2.15. The van der Waals surface area contributed by atoms with Gasteiger partial charge < -0.3 is 20.5 Å². The normalized spacial score (nSPS) is 10.4. The number of amides is 2. The van der Waals surface area contributed by atoms with Crippen molar-refractivity contribution in [2.75, 3.05) is 17.7 Å². The van der Waals surface area contributed by atoms with E-state index in [-0.39, 0.29) is 23.8 Å². The van der Waals surface area contributed by atoms with Crippen molar-refractivity contribution >= 4 is 23.2 Å². The Morgan fingerprint density at radius 3 is 2.31 bits per heavy atom. The second-order valence-corrected chi connectivity index (χ2v) is 6.55. The van der Waals surface area contributed by atoms with E-state index in [0.717, 1.165) is 11.3 Å². The van der Waals surface area contributed by atoms with Gasteiger partial charge in [0.1, 0.15) is 5.75 Å². The summed E-state index contributed by atoms with van der Waals surface area (Å²) in [5.41, 5.74) is 3.46. The van der Waals surface area contributed by atoms with Crippen molar-refractivity contribution in [3.8, 4) is 5.75 Å². The molecule has 2 amide bonds. The number of phenolic OH excluding ortho intramolecular Hbond substituents is 1. The number of carbonyl (C=O) groups is 2. The van der Waals surface area contributed by atoms with E-state index in [1.54, 1.807) is 30.3 Å². The van der Waals surface area contributed by atoms with Crippen molar-refractivity contribution in [2.45, 2.75) is 13.5 Å². The molecule has 3 aromatic carbocycles. The van der Waals surface area contributed by atoms with Crippen LogP contribution in [0.25, 0.3) is 0 Å². The number of aryl methyl sites for hydroxylation is 1. The number of hydrogen-bond donors (Lipinski definition) is 3. The van der Waals surface area contributed by atoms with Crippen LogP contribution in [0.4, 0.5) is 11.4 Å². The molecule has 0 spiro atoms. The van der Waals surface area contributed by atoms with Crippen molar-refractivity contribution in [1.82, 2.24) is 0 Å². The zero-order valence-electron chi connectivity index (χ0n) is 16.2. The Labute approximate surface area is 169 Å². The number of benzene rings is 3. The molecule has 0 aliphatic heterocycles. The van der Waals surface area contributed by atoms with Crippen molar-refractivity contribution < 1.29 is 19.4 Å². The lowest BCUT2D eigenvalue weighted by atomic mass is 10.1. The van der Waals surface area contributed by atoms with Gasteiger partial charge >= 0.3 is 0 Å². The van der Waals surface area contributed by atoms with E-state index >= 15 is 0 Å². The molecule has 0 aromatic heterocycles. The largest absolute Gasteiger partial charge is 0.507 e. The molecule has 0 unspecified atom stereocenters. The van der Waals surface area contributed by atoms with Crippen LogP contribution in [0.5, 0.6) is 5.75 Å². The number of aromatic hydroxyl groups is 1. The maximum atomic E-state index is 12.7. The molecule has 3 aromatic rings. The van der Waals surface area contributed by atoms with Crippen molar-refractivity contribution in [3.05, 3.63) is 89.0 Å². The van der Waals surface area contributed by atoms with Crippen LogP contribution in [0, 0.1) is 6.92 Å². The molecule has 0 bridgehead atoms. The number of phenols is 1.